The third kappa shape index (κ3) is 3.85. The Morgan fingerprint density at radius 3 is 2.77 bits per heavy atom. The first kappa shape index (κ1) is 19.1. The minimum absolute atomic E-state index is 0.170. The summed E-state index contributed by atoms with van der Waals surface area (Å²) in [5.41, 5.74) is 0.180. The van der Waals surface area contributed by atoms with E-state index in [0.29, 0.717) is 0 Å². The van der Waals surface area contributed by atoms with Crippen LogP contribution in [0.3, 0.4) is 0 Å². The van der Waals surface area contributed by atoms with Crippen LogP contribution in [0.2, 0.25) is 0 Å². The van der Waals surface area contributed by atoms with E-state index in [1.165, 1.54) is 14.0 Å². The summed E-state index contributed by atoms with van der Waals surface area (Å²) in [4.78, 5) is 16.2. The molecule has 2 aliphatic rings. The minimum atomic E-state index is -1.52. The van der Waals surface area contributed by atoms with Gasteiger partial charge in [-0.25, -0.2) is 9.18 Å². The highest BCUT2D eigenvalue weighted by molar-refractivity contribution is 8.14. The number of amidine groups is 1. The van der Waals surface area contributed by atoms with Gasteiger partial charge in [-0.15, -0.1) is 0 Å². The largest absolute Gasteiger partial charge is 0.465 e. The molecule has 0 bridgehead atoms. The molecule has 1 aromatic carbocycles. The number of hydrogen-bond donors (Lipinski definition) is 2. The molecule has 6 atom stereocenters. The van der Waals surface area contributed by atoms with Crippen molar-refractivity contribution in [3.8, 4) is 0 Å². The van der Waals surface area contributed by atoms with Crippen molar-refractivity contribution in [1.29, 1.82) is 0 Å². The van der Waals surface area contributed by atoms with Crippen molar-refractivity contribution in [3.63, 3.8) is 0 Å². The fourth-order valence-electron chi connectivity index (χ4n) is 2.92. The minimum Gasteiger partial charge on any atom is -0.465 e. The molecule has 9 heteroatoms. The lowest BCUT2D eigenvalue weighted by atomic mass is 9.96. The zero-order chi connectivity index (χ0) is 18.8. The zero-order valence-electron chi connectivity index (χ0n) is 14.4. The lowest BCUT2D eigenvalue weighted by molar-refractivity contribution is -0.188. The van der Waals surface area contributed by atoms with E-state index in [-0.39, 0.29) is 11.8 Å². The zero-order valence-corrected chi connectivity index (χ0v) is 15.2. The number of rotatable bonds is 4. The molecule has 0 saturated carbocycles. The summed E-state index contributed by atoms with van der Waals surface area (Å²) in [7, 11) is 1.34. The number of halogens is 1. The van der Waals surface area contributed by atoms with Crippen LogP contribution in [0, 0.1) is 0 Å². The van der Waals surface area contributed by atoms with Crippen molar-refractivity contribution in [3.05, 3.63) is 35.9 Å². The van der Waals surface area contributed by atoms with Gasteiger partial charge < -0.3 is 19.7 Å². The standard InChI is InChI=1S/C17H21FN2O5S/c1-9(21)13-14(24-8-10-6-4-3-5-7-10)11(18)12-15(25-13)26-16(19-12)20(2)17(22)23/h3-7,9,11-15,21H,8H2,1-2H3,(H,22,23)/t9-,11-,12-,13-,14-,15-/m1/s1. The van der Waals surface area contributed by atoms with Gasteiger partial charge in [-0.2, -0.15) is 0 Å². The monoisotopic (exact) mass is 384 g/mol. The second kappa shape index (κ2) is 7.91. The summed E-state index contributed by atoms with van der Waals surface area (Å²) in [5, 5.41) is 19.3. The number of carbonyl (C=O) groups is 1. The van der Waals surface area contributed by atoms with Gasteiger partial charge in [0.05, 0.1) is 12.7 Å². The van der Waals surface area contributed by atoms with Crippen LogP contribution in [0.25, 0.3) is 0 Å². The van der Waals surface area contributed by atoms with Crippen molar-refractivity contribution >= 4 is 23.0 Å². The molecule has 0 unspecified atom stereocenters. The summed E-state index contributed by atoms with van der Waals surface area (Å²) in [6.45, 7) is 1.69. The molecule has 7 nitrogen and oxygen atoms in total. The van der Waals surface area contributed by atoms with Crippen LogP contribution >= 0.6 is 11.8 Å². The molecule has 142 valence electrons. The maximum absolute atomic E-state index is 15.2. The van der Waals surface area contributed by atoms with E-state index in [1.54, 1.807) is 0 Å². The molecule has 0 radical (unpaired) electrons. The summed E-state index contributed by atoms with van der Waals surface area (Å²) >= 11 is 1.04. The molecule has 26 heavy (non-hydrogen) atoms. The van der Waals surface area contributed by atoms with Gasteiger partial charge in [-0.1, -0.05) is 42.1 Å². The third-order valence-electron chi connectivity index (χ3n) is 4.35. The third-order valence-corrected chi connectivity index (χ3v) is 5.56. The predicted octanol–water partition coefficient (Wildman–Crippen LogP) is 2.10. The van der Waals surface area contributed by atoms with E-state index < -0.39 is 42.1 Å². The second-order valence-electron chi connectivity index (χ2n) is 6.28. The molecule has 1 amide bonds. The van der Waals surface area contributed by atoms with Crippen LogP contribution in [0.15, 0.2) is 35.3 Å². The number of aliphatic hydroxyl groups is 1. The summed E-state index contributed by atoms with van der Waals surface area (Å²) in [5.74, 6) is 0. The van der Waals surface area contributed by atoms with Crippen LogP contribution in [0.1, 0.15) is 12.5 Å². The molecule has 1 fully saturated rings. The smallest absolute Gasteiger partial charge is 0.413 e. The van der Waals surface area contributed by atoms with Gasteiger partial charge >= 0.3 is 6.09 Å². The number of alkyl halides is 1. The molecular formula is C17H21FN2O5S. The Morgan fingerprint density at radius 2 is 2.15 bits per heavy atom. The molecule has 2 N–H and O–H groups in total. The number of amides is 1. The van der Waals surface area contributed by atoms with Gasteiger partial charge in [0.15, 0.2) is 11.3 Å². The number of hydrogen-bond acceptors (Lipinski definition) is 6. The fourth-order valence-corrected chi connectivity index (χ4v) is 4.08. The normalized spacial score (nSPS) is 31.8. The Morgan fingerprint density at radius 1 is 1.46 bits per heavy atom. The van der Waals surface area contributed by atoms with Crippen LogP contribution in [0.4, 0.5) is 9.18 Å². The average Bonchev–Trinajstić information content (AvgIpc) is 3.05. The van der Waals surface area contributed by atoms with Crippen molar-refractivity contribution in [2.45, 2.75) is 49.5 Å². The van der Waals surface area contributed by atoms with Gasteiger partial charge in [-0.05, 0) is 12.5 Å². The number of carboxylic acid groups (broad SMARTS) is 1. The molecule has 1 aromatic rings. The molecule has 2 aliphatic heterocycles. The van der Waals surface area contributed by atoms with Gasteiger partial charge in [-0.3, -0.25) is 9.89 Å². The summed E-state index contributed by atoms with van der Waals surface area (Å²) in [6.07, 6.45) is -5.53. The summed E-state index contributed by atoms with van der Waals surface area (Å²) in [6, 6.07) is 8.43. The highest BCUT2D eigenvalue weighted by Crippen LogP contribution is 2.40. The molecule has 0 spiro atoms. The Bertz CT molecular complexity index is 674. The molecule has 0 aliphatic carbocycles. The van der Waals surface area contributed by atoms with Gasteiger partial charge in [0.25, 0.3) is 0 Å². The first-order chi connectivity index (χ1) is 12.4. The molecule has 0 aromatic heterocycles. The molecule has 3 rings (SSSR count). The van der Waals surface area contributed by atoms with E-state index in [4.69, 9.17) is 14.6 Å². The highest BCUT2D eigenvalue weighted by Gasteiger charge is 2.52. The number of thioether (sulfide) groups is 1. The topological polar surface area (TPSA) is 91.6 Å². The fraction of sp³-hybridized carbons (Fsp3) is 0.529. The Labute approximate surface area is 154 Å². The van der Waals surface area contributed by atoms with Crippen LogP contribution < -0.4 is 0 Å². The van der Waals surface area contributed by atoms with E-state index >= 15 is 4.39 Å². The van der Waals surface area contributed by atoms with Crippen molar-refractivity contribution < 1.29 is 28.9 Å². The Kier molecular flexibility index (Phi) is 5.81. The van der Waals surface area contributed by atoms with Crippen molar-refractivity contribution in [2.75, 3.05) is 7.05 Å². The lowest BCUT2D eigenvalue weighted by Crippen LogP contribution is -2.57. The quantitative estimate of drug-likeness (QED) is 0.826. The predicted molar refractivity (Wildman–Crippen MR) is 94.9 cm³/mol. The SMILES string of the molecule is C[C@@H](O)[C@H]1O[C@@H]2SC(N(C)C(=O)O)=N[C@@H]2[C@@H](F)[C@H]1OCc1ccccc1. The van der Waals surface area contributed by atoms with Gasteiger partial charge in [0.2, 0.25) is 0 Å². The van der Waals surface area contributed by atoms with Crippen LogP contribution in [-0.4, -0.2) is 69.4 Å². The maximum atomic E-state index is 15.2. The average molecular weight is 384 g/mol. The number of nitrogens with zero attached hydrogens (tertiary/aromatic N) is 2. The van der Waals surface area contributed by atoms with E-state index in [1.807, 2.05) is 30.3 Å². The number of aliphatic hydroxyl groups excluding tert-OH is 1. The summed E-state index contributed by atoms with van der Waals surface area (Å²) < 4.78 is 26.7. The number of ether oxygens (including phenoxy) is 2. The van der Waals surface area contributed by atoms with Crippen molar-refractivity contribution in [2.24, 2.45) is 4.99 Å². The maximum Gasteiger partial charge on any atom is 0.413 e. The molecule has 2 heterocycles. The lowest BCUT2D eigenvalue weighted by Gasteiger charge is -2.40. The number of fused-ring (bicyclic) bond motifs is 1. The van der Waals surface area contributed by atoms with Crippen LogP contribution in [0.5, 0.6) is 0 Å². The second-order valence-corrected chi connectivity index (χ2v) is 7.34. The Balaban J connectivity index is 1.76. The molecule has 1 saturated heterocycles. The van der Waals surface area contributed by atoms with E-state index in [9.17, 15) is 9.90 Å². The number of benzene rings is 1. The highest BCUT2D eigenvalue weighted by atomic mass is 32.2. The van der Waals surface area contributed by atoms with Gasteiger partial charge in [0, 0.05) is 7.05 Å². The van der Waals surface area contributed by atoms with Gasteiger partial charge in [0.1, 0.15) is 23.7 Å². The van der Waals surface area contributed by atoms with E-state index in [0.717, 1.165) is 22.2 Å². The van der Waals surface area contributed by atoms with Crippen molar-refractivity contribution in [1.82, 2.24) is 4.90 Å². The number of aliphatic imine (C=N–C) groups is 1. The Hall–Kier alpha value is -1.68. The molecular weight excluding hydrogens is 363 g/mol. The van der Waals surface area contributed by atoms with Crippen LogP contribution in [-0.2, 0) is 16.1 Å². The first-order valence-electron chi connectivity index (χ1n) is 8.22. The van der Waals surface area contributed by atoms with E-state index in [2.05, 4.69) is 4.99 Å². The first-order valence-corrected chi connectivity index (χ1v) is 9.10.